The van der Waals surface area contributed by atoms with Gasteiger partial charge < -0.3 is 4.74 Å². The van der Waals surface area contributed by atoms with Crippen LogP contribution >= 0.6 is 23.2 Å². The van der Waals surface area contributed by atoms with Gasteiger partial charge in [-0.1, -0.05) is 48.5 Å². The van der Waals surface area contributed by atoms with E-state index >= 15 is 0 Å². The second-order valence-electron chi connectivity index (χ2n) is 5.96. The van der Waals surface area contributed by atoms with Crippen LogP contribution in [0.2, 0.25) is 10.0 Å². The molecule has 0 spiro atoms. The second-order valence-corrected chi connectivity index (χ2v) is 8.53. The zero-order chi connectivity index (χ0) is 17.8. The van der Waals surface area contributed by atoms with E-state index in [9.17, 15) is 13.2 Å². The van der Waals surface area contributed by atoms with Crippen molar-refractivity contribution >= 4 is 39.2 Å². The van der Waals surface area contributed by atoms with Crippen molar-refractivity contribution in [2.45, 2.75) is 50.3 Å². The highest BCUT2D eigenvalue weighted by Crippen LogP contribution is 2.31. The third-order valence-corrected chi connectivity index (χ3v) is 6.06. The van der Waals surface area contributed by atoms with Gasteiger partial charge in [0.25, 0.3) is 0 Å². The first-order valence-electron chi connectivity index (χ1n) is 7.91. The van der Waals surface area contributed by atoms with Crippen LogP contribution in [0.15, 0.2) is 18.2 Å². The van der Waals surface area contributed by atoms with Gasteiger partial charge in [0.05, 0.1) is 12.4 Å². The summed E-state index contributed by atoms with van der Waals surface area (Å²) < 4.78 is 32.9. The Labute approximate surface area is 152 Å². The van der Waals surface area contributed by atoms with E-state index in [1.165, 1.54) is 6.07 Å². The highest BCUT2D eigenvalue weighted by Gasteiger charge is 2.44. The standard InChI is InChI=1S/C16H21Cl2NO4S/c1-2-23-15(20)16(8-4-3-5-9-16)19-24(21,22)11-12-6-7-13(17)10-14(12)18/h6-7,10,19H,2-5,8-9,11H2,1H3. The molecule has 0 radical (unpaired) electrons. The minimum atomic E-state index is -3.77. The summed E-state index contributed by atoms with van der Waals surface area (Å²) in [5.41, 5.74) is -0.741. The lowest BCUT2D eigenvalue weighted by molar-refractivity contribution is -0.151. The molecule has 1 saturated carbocycles. The Morgan fingerprint density at radius 1 is 1.25 bits per heavy atom. The lowest BCUT2D eigenvalue weighted by Crippen LogP contribution is -2.56. The van der Waals surface area contributed by atoms with E-state index in [-0.39, 0.29) is 17.4 Å². The molecule has 0 saturated heterocycles. The van der Waals surface area contributed by atoms with Gasteiger partial charge in [0, 0.05) is 10.0 Å². The van der Waals surface area contributed by atoms with Crippen LogP contribution in [0.25, 0.3) is 0 Å². The van der Waals surface area contributed by atoms with Gasteiger partial charge in [-0.25, -0.2) is 8.42 Å². The summed E-state index contributed by atoms with van der Waals surface area (Å²) in [6, 6.07) is 4.65. The number of ether oxygens (including phenoxy) is 1. The van der Waals surface area contributed by atoms with Gasteiger partial charge in [-0.05, 0) is 37.5 Å². The summed E-state index contributed by atoms with van der Waals surface area (Å²) in [5, 5.41) is 0.714. The number of rotatable bonds is 6. The average Bonchev–Trinajstić information content (AvgIpc) is 2.51. The molecule has 1 aliphatic carbocycles. The number of carbonyl (C=O) groups excluding carboxylic acids is 1. The minimum absolute atomic E-state index is 0.214. The molecule has 0 bridgehead atoms. The smallest absolute Gasteiger partial charge is 0.327 e. The molecule has 1 N–H and O–H groups in total. The number of hydrogen-bond donors (Lipinski definition) is 1. The highest BCUT2D eigenvalue weighted by molar-refractivity contribution is 7.88. The number of halogens is 2. The zero-order valence-electron chi connectivity index (χ0n) is 13.5. The Morgan fingerprint density at radius 3 is 2.50 bits per heavy atom. The van der Waals surface area contributed by atoms with Crippen LogP contribution < -0.4 is 4.72 Å². The fraction of sp³-hybridized carbons (Fsp3) is 0.562. The molecule has 1 aliphatic rings. The predicted molar refractivity (Wildman–Crippen MR) is 94.7 cm³/mol. The van der Waals surface area contributed by atoms with E-state index in [2.05, 4.69) is 4.72 Å². The number of hydrogen-bond acceptors (Lipinski definition) is 4. The average molecular weight is 394 g/mol. The minimum Gasteiger partial charge on any atom is -0.465 e. The molecular formula is C16H21Cl2NO4S. The molecule has 1 aromatic carbocycles. The summed E-state index contributed by atoms with van der Waals surface area (Å²) in [6.07, 6.45) is 3.43. The summed E-state index contributed by atoms with van der Waals surface area (Å²) in [6.45, 7) is 1.92. The van der Waals surface area contributed by atoms with E-state index in [1.54, 1.807) is 19.1 Å². The number of carbonyl (C=O) groups is 1. The molecule has 1 fully saturated rings. The number of sulfonamides is 1. The molecule has 0 amide bonds. The van der Waals surface area contributed by atoms with Crippen molar-refractivity contribution in [3.63, 3.8) is 0 Å². The molecule has 0 heterocycles. The van der Waals surface area contributed by atoms with Gasteiger partial charge in [0.1, 0.15) is 5.54 Å². The summed E-state index contributed by atoms with van der Waals surface area (Å²) in [5.74, 6) is -0.820. The molecule has 0 atom stereocenters. The molecule has 8 heteroatoms. The Kier molecular flexibility index (Phi) is 6.53. The largest absolute Gasteiger partial charge is 0.465 e. The van der Waals surface area contributed by atoms with Crippen LogP contribution in [0.4, 0.5) is 0 Å². The first-order valence-corrected chi connectivity index (χ1v) is 10.3. The van der Waals surface area contributed by atoms with Crippen molar-refractivity contribution in [1.82, 2.24) is 4.72 Å². The quantitative estimate of drug-likeness (QED) is 0.748. The number of esters is 1. The van der Waals surface area contributed by atoms with Crippen molar-refractivity contribution in [2.75, 3.05) is 6.61 Å². The third kappa shape index (κ3) is 4.85. The molecule has 24 heavy (non-hydrogen) atoms. The van der Waals surface area contributed by atoms with Crippen LogP contribution in [0, 0.1) is 0 Å². The summed E-state index contributed by atoms with van der Waals surface area (Å²) in [7, 11) is -3.77. The normalized spacial score (nSPS) is 17.5. The summed E-state index contributed by atoms with van der Waals surface area (Å²) in [4.78, 5) is 12.4. The van der Waals surface area contributed by atoms with Crippen molar-refractivity contribution < 1.29 is 17.9 Å². The molecule has 134 valence electrons. The lowest BCUT2D eigenvalue weighted by Gasteiger charge is -2.35. The Morgan fingerprint density at radius 2 is 1.92 bits per heavy atom. The van der Waals surface area contributed by atoms with Crippen LogP contribution in [0.1, 0.15) is 44.6 Å². The van der Waals surface area contributed by atoms with Crippen LogP contribution in [-0.4, -0.2) is 26.5 Å². The van der Waals surface area contributed by atoms with E-state index < -0.39 is 21.5 Å². The van der Waals surface area contributed by atoms with Crippen molar-refractivity contribution in [3.05, 3.63) is 33.8 Å². The Bertz CT molecular complexity index is 700. The third-order valence-electron chi connectivity index (χ3n) is 4.08. The van der Waals surface area contributed by atoms with Gasteiger partial charge in [-0.3, -0.25) is 4.79 Å². The Balaban J connectivity index is 2.22. The van der Waals surface area contributed by atoms with E-state index in [1.807, 2.05) is 0 Å². The predicted octanol–water partition coefficient (Wildman–Crippen LogP) is 3.68. The first-order chi connectivity index (χ1) is 11.3. The molecule has 0 aliphatic heterocycles. The monoisotopic (exact) mass is 393 g/mol. The number of benzene rings is 1. The molecule has 0 unspecified atom stereocenters. The van der Waals surface area contributed by atoms with Gasteiger partial charge in [0.2, 0.25) is 10.0 Å². The van der Waals surface area contributed by atoms with Gasteiger partial charge in [0.15, 0.2) is 0 Å². The van der Waals surface area contributed by atoms with Gasteiger partial charge >= 0.3 is 5.97 Å². The van der Waals surface area contributed by atoms with Crippen molar-refractivity contribution in [1.29, 1.82) is 0 Å². The first kappa shape index (κ1) is 19.5. The maximum Gasteiger partial charge on any atom is 0.327 e. The fourth-order valence-electron chi connectivity index (χ4n) is 2.95. The molecule has 1 aromatic rings. The van der Waals surface area contributed by atoms with E-state index in [4.69, 9.17) is 27.9 Å². The molecule has 2 rings (SSSR count). The zero-order valence-corrected chi connectivity index (χ0v) is 15.8. The van der Waals surface area contributed by atoms with E-state index in [0.29, 0.717) is 23.4 Å². The highest BCUT2D eigenvalue weighted by atomic mass is 35.5. The van der Waals surface area contributed by atoms with Crippen LogP contribution in [0.3, 0.4) is 0 Å². The molecule has 0 aromatic heterocycles. The fourth-order valence-corrected chi connectivity index (χ4v) is 5.12. The Hall–Kier alpha value is -0.820. The summed E-state index contributed by atoms with van der Waals surface area (Å²) >= 11 is 11.9. The SMILES string of the molecule is CCOC(=O)C1(NS(=O)(=O)Cc2ccc(Cl)cc2Cl)CCCCC1. The van der Waals surface area contributed by atoms with Crippen LogP contribution in [0.5, 0.6) is 0 Å². The second kappa shape index (κ2) is 8.04. The maximum atomic E-state index is 12.6. The number of nitrogens with one attached hydrogen (secondary N) is 1. The van der Waals surface area contributed by atoms with Crippen molar-refractivity contribution in [2.24, 2.45) is 0 Å². The van der Waals surface area contributed by atoms with Gasteiger partial charge in [-0.2, -0.15) is 4.72 Å². The van der Waals surface area contributed by atoms with Crippen molar-refractivity contribution in [3.8, 4) is 0 Å². The lowest BCUT2D eigenvalue weighted by atomic mass is 9.82. The topological polar surface area (TPSA) is 72.5 Å². The van der Waals surface area contributed by atoms with E-state index in [0.717, 1.165) is 19.3 Å². The van der Waals surface area contributed by atoms with Crippen LogP contribution in [-0.2, 0) is 25.3 Å². The molecular weight excluding hydrogens is 373 g/mol. The van der Waals surface area contributed by atoms with Gasteiger partial charge in [-0.15, -0.1) is 0 Å². The maximum absolute atomic E-state index is 12.6. The molecule has 5 nitrogen and oxygen atoms in total.